The fourth-order valence-corrected chi connectivity index (χ4v) is 2.16. The number of carbonyl (C=O) groups is 1. The largest absolute Gasteiger partial charge is 0.461 e. The molecule has 0 N–H and O–H groups in total. The normalized spacial score (nSPS) is 15.9. The van der Waals surface area contributed by atoms with Crippen molar-refractivity contribution in [3.8, 4) is 11.5 Å². The Balaban J connectivity index is 2.02. The number of hydrogen-bond acceptors (Lipinski definition) is 5. The number of hydrogen-bond donors (Lipinski definition) is 0. The summed E-state index contributed by atoms with van der Waals surface area (Å²) >= 11 is 0. The predicted molar refractivity (Wildman–Crippen MR) is 64.3 cm³/mol. The highest BCUT2D eigenvalue weighted by atomic mass is 16.7. The molecule has 0 saturated heterocycles. The van der Waals surface area contributed by atoms with E-state index < -0.39 is 0 Å². The molecule has 0 fully saturated rings. The number of ether oxygens (including phenoxy) is 3. The molecule has 2 aliphatic rings. The number of nitrogens with zero attached hydrogens (tertiary/aromatic N) is 1. The second-order valence-electron chi connectivity index (χ2n) is 4.06. The average molecular weight is 247 g/mol. The van der Waals surface area contributed by atoms with Crippen LogP contribution in [0, 0.1) is 0 Å². The third kappa shape index (κ3) is 1.72. The smallest absolute Gasteiger partial charge is 0.357 e. The summed E-state index contributed by atoms with van der Waals surface area (Å²) in [5.41, 5.74) is 2.23. The van der Waals surface area contributed by atoms with Crippen LogP contribution in [-0.2, 0) is 16.0 Å². The van der Waals surface area contributed by atoms with Crippen molar-refractivity contribution in [3.05, 3.63) is 23.3 Å². The maximum Gasteiger partial charge on any atom is 0.357 e. The number of benzene rings is 1. The van der Waals surface area contributed by atoms with Crippen LogP contribution in [0.15, 0.2) is 17.1 Å². The van der Waals surface area contributed by atoms with E-state index in [4.69, 9.17) is 14.2 Å². The Morgan fingerprint density at radius 2 is 2.17 bits per heavy atom. The minimum absolute atomic E-state index is 0.226. The molecule has 0 atom stereocenters. The van der Waals surface area contributed by atoms with E-state index in [-0.39, 0.29) is 12.8 Å². The van der Waals surface area contributed by atoms with Crippen molar-refractivity contribution in [1.82, 2.24) is 0 Å². The van der Waals surface area contributed by atoms with Gasteiger partial charge in [0.15, 0.2) is 17.2 Å². The topological polar surface area (TPSA) is 57.1 Å². The van der Waals surface area contributed by atoms with Crippen LogP contribution in [0.2, 0.25) is 0 Å². The molecule has 5 heteroatoms. The molecule has 0 radical (unpaired) electrons. The molecule has 0 aliphatic carbocycles. The molecule has 3 rings (SSSR count). The zero-order chi connectivity index (χ0) is 12.5. The van der Waals surface area contributed by atoms with Gasteiger partial charge in [-0.05, 0) is 31.0 Å². The Morgan fingerprint density at radius 1 is 1.39 bits per heavy atom. The number of aliphatic imine (C=N–C) groups is 1. The van der Waals surface area contributed by atoms with E-state index in [1.165, 1.54) is 0 Å². The molecule has 18 heavy (non-hydrogen) atoms. The Hall–Kier alpha value is -2.04. The van der Waals surface area contributed by atoms with Gasteiger partial charge in [0.25, 0.3) is 0 Å². The number of esters is 1. The van der Waals surface area contributed by atoms with Crippen LogP contribution in [0.4, 0.5) is 0 Å². The first-order valence-corrected chi connectivity index (χ1v) is 5.94. The highest BCUT2D eigenvalue weighted by molar-refractivity contribution is 6.44. The van der Waals surface area contributed by atoms with Crippen molar-refractivity contribution < 1.29 is 19.0 Å². The molecule has 0 unspecified atom stereocenters. The third-order valence-electron chi connectivity index (χ3n) is 2.97. The second-order valence-corrected chi connectivity index (χ2v) is 4.06. The van der Waals surface area contributed by atoms with Crippen molar-refractivity contribution in [2.45, 2.75) is 13.3 Å². The van der Waals surface area contributed by atoms with Gasteiger partial charge in [0.2, 0.25) is 6.79 Å². The Kier molecular flexibility index (Phi) is 2.66. The first kappa shape index (κ1) is 11.1. The highest BCUT2D eigenvalue weighted by Crippen LogP contribution is 2.36. The molecule has 0 amide bonds. The summed E-state index contributed by atoms with van der Waals surface area (Å²) in [4.78, 5) is 16.1. The number of rotatable bonds is 2. The van der Waals surface area contributed by atoms with E-state index in [1.54, 1.807) is 6.92 Å². The van der Waals surface area contributed by atoms with Gasteiger partial charge >= 0.3 is 5.97 Å². The molecule has 2 heterocycles. The summed E-state index contributed by atoms with van der Waals surface area (Å²) in [6, 6.07) is 3.73. The van der Waals surface area contributed by atoms with Gasteiger partial charge in [0.1, 0.15) is 0 Å². The molecule has 0 saturated carbocycles. The van der Waals surface area contributed by atoms with E-state index in [1.807, 2.05) is 12.1 Å². The molecule has 1 aromatic carbocycles. The van der Waals surface area contributed by atoms with E-state index in [0.29, 0.717) is 24.6 Å². The van der Waals surface area contributed by atoms with Crippen molar-refractivity contribution in [2.24, 2.45) is 4.99 Å². The summed E-state index contributed by atoms with van der Waals surface area (Å²) in [6.07, 6.45) is 0.800. The fourth-order valence-electron chi connectivity index (χ4n) is 2.16. The molecule has 2 aliphatic heterocycles. The summed E-state index contributed by atoms with van der Waals surface area (Å²) in [5, 5.41) is 0. The van der Waals surface area contributed by atoms with Gasteiger partial charge in [-0.15, -0.1) is 0 Å². The van der Waals surface area contributed by atoms with Gasteiger partial charge in [0.05, 0.1) is 6.61 Å². The van der Waals surface area contributed by atoms with Gasteiger partial charge in [0, 0.05) is 12.1 Å². The van der Waals surface area contributed by atoms with Crippen LogP contribution in [-0.4, -0.2) is 31.6 Å². The first-order valence-electron chi connectivity index (χ1n) is 5.94. The summed E-state index contributed by atoms with van der Waals surface area (Å²) in [6.45, 7) is 2.95. The van der Waals surface area contributed by atoms with Crippen molar-refractivity contribution in [3.63, 3.8) is 0 Å². The van der Waals surface area contributed by atoms with Crippen molar-refractivity contribution in [1.29, 1.82) is 0 Å². The summed E-state index contributed by atoms with van der Waals surface area (Å²) in [5.74, 6) is 1.02. The van der Waals surface area contributed by atoms with Crippen molar-refractivity contribution in [2.75, 3.05) is 19.9 Å². The third-order valence-corrected chi connectivity index (χ3v) is 2.97. The van der Waals surface area contributed by atoms with Crippen LogP contribution >= 0.6 is 0 Å². The number of carbonyl (C=O) groups excluding carboxylic acids is 1. The lowest BCUT2D eigenvalue weighted by Crippen LogP contribution is -2.24. The molecule has 0 spiro atoms. The van der Waals surface area contributed by atoms with E-state index in [9.17, 15) is 4.79 Å². The molecule has 0 bridgehead atoms. The molecule has 5 nitrogen and oxygen atoms in total. The van der Waals surface area contributed by atoms with Gasteiger partial charge in [-0.3, -0.25) is 4.99 Å². The molecular formula is C13H13NO4. The van der Waals surface area contributed by atoms with Gasteiger partial charge < -0.3 is 14.2 Å². The average Bonchev–Trinajstić information content (AvgIpc) is 2.82. The minimum atomic E-state index is -0.377. The zero-order valence-corrected chi connectivity index (χ0v) is 10.1. The first-order chi connectivity index (χ1) is 8.79. The lowest BCUT2D eigenvalue weighted by atomic mass is 9.97. The maximum absolute atomic E-state index is 11.8. The predicted octanol–water partition coefficient (Wildman–Crippen LogP) is 1.32. The van der Waals surface area contributed by atoms with Gasteiger partial charge in [-0.25, -0.2) is 4.79 Å². The Labute approximate surface area is 104 Å². The van der Waals surface area contributed by atoms with Crippen LogP contribution in [0.25, 0.3) is 0 Å². The Morgan fingerprint density at radius 3 is 2.94 bits per heavy atom. The summed E-state index contributed by atoms with van der Waals surface area (Å²) in [7, 11) is 0. The van der Waals surface area contributed by atoms with E-state index >= 15 is 0 Å². The summed E-state index contributed by atoms with van der Waals surface area (Å²) < 4.78 is 15.7. The SMILES string of the molecule is CCOC(=O)C1=NCCc2cc3c(cc21)OCO3. The molecule has 94 valence electrons. The highest BCUT2D eigenvalue weighted by Gasteiger charge is 2.25. The van der Waals surface area contributed by atoms with E-state index in [2.05, 4.69) is 4.99 Å². The fraction of sp³-hybridized carbons (Fsp3) is 0.385. The monoisotopic (exact) mass is 247 g/mol. The quantitative estimate of drug-likeness (QED) is 0.740. The van der Waals surface area contributed by atoms with Crippen LogP contribution in [0.1, 0.15) is 18.1 Å². The minimum Gasteiger partial charge on any atom is -0.461 e. The molecular weight excluding hydrogens is 234 g/mol. The lowest BCUT2D eigenvalue weighted by molar-refractivity contribution is -0.134. The van der Waals surface area contributed by atoms with Crippen LogP contribution in [0.5, 0.6) is 11.5 Å². The molecule has 1 aromatic rings. The van der Waals surface area contributed by atoms with E-state index in [0.717, 1.165) is 23.3 Å². The van der Waals surface area contributed by atoms with Crippen LogP contribution in [0.3, 0.4) is 0 Å². The zero-order valence-electron chi connectivity index (χ0n) is 10.1. The van der Waals surface area contributed by atoms with Gasteiger partial charge in [-0.1, -0.05) is 0 Å². The number of fused-ring (bicyclic) bond motifs is 2. The maximum atomic E-state index is 11.8. The lowest BCUT2D eigenvalue weighted by Gasteiger charge is -2.16. The van der Waals surface area contributed by atoms with Crippen molar-refractivity contribution >= 4 is 11.7 Å². The standard InChI is InChI=1S/C13H13NO4/c1-2-16-13(15)12-9-6-11-10(17-7-18-11)5-8(9)3-4-14-12/h5-6H,2-4,7H2,1H3. The van der Waals surface area contributed by atoms with Crippen LogP contribution < -0.4 is 9.47 Å². The molecule has 0 aromatic heterocycles. The Bertz CT molecular complexity index is 536. The second kappa shape index (κ2) is 4.33. The van der Waals surface area contributed by atoms with Gasteiger partial charge in [-0.2, -0.15) is 0 Å².